The highest BCUT2D eigenvalue weighted by atomic mass is 35.5. The predicted molar refractivity (Wildman–Crippen MR) is 65.7 cm³/mol. The second-order valence-electron chi connectivity index (χ2n) is 4.25. The Bertz CT molecular complexity index is 511. The summed E-state index contributed by atoms with van der Waals surface area (Å²) in [6, 6.07) is 5.07. The van der Waals surface area contributed by atoms with Crippen LogP contribution in [-0.4, -0.2) is 30.2 Å². The van der Waals surface area contributed by atoms with E-state index in [1.165, 1.54) is 0 Å². The summed E-state index contributed by atoms with van der Waals surface area (Å²) < 4.78 is 4.84. The van der Waals surface area contributed by atoms with Crippen LogP contribution < -0.4 is 5.32 Å². The molecule has 0 aliphatic carbocycles. The first-order valence-electron chi connectivity index (χ1n) is 5.35. The summed E-state index contributed by atoms with van der Waals surface area (Å²) in [6.07, 6.45) is 0. The van der Waals surface area contributed by atoms with Crippen molar-refractivity contribution in [3.63, 3.8) is 0 Å². The van der Waals surface area contributed by atoms with Gasteiger partial charge >= 0.3 is 5.97 Å². The van der Waals surface area contributed by atoms with Crippen molar-refractivity contribution in [2.24, 2.45) is 5.41 Å². The molecule has 0 unspecified atom stereocenters. The van der Waals surface area contributed by atoms with Gasteiger partial charge in [0.05, 0.1) is 13.2 Å². The number of carbonyl (C=O) groups excluding carboxylic acids is 1. The first kappa shape index (κ1) is 12.9. The number of ether oxygens (including phenoxy) is 1. The second-order valence-corrected chi connectivity index (χ2v) is 4.65. The number of benzene rings is 1. The number of aliphatic carboxylic acids is 1. The third-order valence-corrected chi connectivity index (χ3v) is 3.47. The van der Waals surface area contributed by atoms with E-state index in [0.717, 1.165) is 0 Å². The zero-order valence-electron chi connectivity index (χ0n) is 9.70. The molecular weight excluding hydrogens is 258 g/mol. The maximum absolute atomic E-state index is 12.0. The van der Waals surface area contributed by atoms with Crippen LogP contribution in [0.15, 0.2) is 18.2 Å². The molecule has 0 aromatic heterocycles. The van der Waals surface area contributed by atoms with Crippen LogP contribution in [0.5, 0.6) is 0 Å². The van der Waals surface area contributed by atoms with E-state index in [1.807, 2.05) is 0 Å². The van der Waals surface area contributed by atoms with Crippen molar-refractivity contribution in [3.8, 4) is 0 Å². The Kier molecular flexibility index (Phi) is 3.28. The van der Waals surface area contributed by atoms with E-state index in [-0.39, 0.29) is 13.2 Å². The van der Waals surface area contributed by atoms with Crippen LogP contribution in [0.2, 0.25) is 5.02 Å². The fraction of sp³-hybridized carbons (Fsp3) is 0.333. The highest BCUT2D eigenvalue weighted by Gasteiger charge is 2.53. The van der Waals surface area contributed by atoms with Gasteiger partial charge in [-0.2, -0.15) is 0 Å². The number of nitrogens with one attached hydrogen (secondary N) is 1. The van der Waals surface area contributed by atoms with Crippen molar-refractivity contribution in [3.05, 3.63) is 28.8 Å². The summed E-state index contributed by atoms with van der Waals surface area (Å²) in [5.41, 5.74) is -0.261. The molecule has 1 heterocycles. The smallest absolute Gasteiger partial charge is 0.324 e. The van der Waals surface area contributed by atoms with Crippen LogP contribution in [0.25, 0.3) is 0 Å². The fourth-order valence-corrected chi connectivity index (χ4v) is 1.82. The summed E-state index contributed by atoms with van der Waals surface area (Å²) in [7, 11) is 0. The maximum atomic E-state index is 12.0. The molecule has 1 aliphatic heterocycles. The SMILES string of the molecule is Cc1c(Cl)cccc1NC(=O)C1(C(=O)O)COC1. The zero-order chi connectivity index (χ0) is 13.3. The van der Waals surface area contributed by atoms with Crippen LogP contribution in [0.1, 0.15) is 5.56 Å². The Hall–Kier alpha value is -1.59. The van der Waals surface area contributed by atoms with Crippen molar-refractivity contribution in [1.82, 2.24) is 0 Å². The van der Waals surface area contributed by atoms with E-state index in [2.05, 4.69) is 5.32 Å². The zero-order valence-corrected chi connectivity index (χ0v) is 10.5. The monoisotopic (exact) mass is 269 g/mol. The Balaban J connectivity index is 2.21. The Morgan fingerprint density at radius 1 is 1.44 bits per heavy atom. The molecule has 96 valence electrons. The fourth-order valence-electron chi connectivity index (χ4n) is 1.64. The van der Waals surface area contributed by atoms with E-state index in [9.17, 15) is 9.59 Å². The van der Waals surface area contributed by atoms with Gasteiger partial charge in [-0.3, -0.25) is 9.59 Å². The number of carboxylic acid groups (broad SMARTS) is 1. The van der Waals surface area contributed by atoms with Crippen molar-refractivity contribution in [2.45, 2.75) is 6.92 Å². The van der Waals surface area contributed by atoms with Crippen LogP contribution in [0.3, 0.4) is 0 Å². The largest absolute Gasteiger partial charge is 0.480 e. The van der Waals surface area contributed by atoms with Crippen LogP contribution in [0, 0.1) is 12.3 Å². The molecule has 0 bridgehead atoms. The van der Waals surface area contributed by atoms with Gasteiger partial charge in [0.25, 0.3) is 0 Å². The molecule has 1 saturated heterocycles. The van der Waals surface area contributed by atoms with Gasteiger partial charge in [-0.25, -0.2) is 0 Å². The van der Waals surface area contributed by atoms with Gasteiger partial charge in [0.1, 0.15) is 0 Å². The van der Waals surface area contributed by atoms with Crippen molar-refractivity contribution in [2.75, 3.05) is 18.5 Å². The minimum Gasteiger partial charge on any atom is -0.480 e. The van der Waals surface area contributed by atoms with E-state index in [0.29, 0.717) is 16.3 Å². The summed E-state index contributed by atoms with van der Waals surface area (Å²) in [5.74, 6) is -1.75. The average Bonchev–Trinajstić information content (AvgIpc) is 2.22. The summed E-state index contributed by atoms with van der Waals surface area (Å²) in [5, 5.41) is 12.2. The normalized spacial score (nSPS) is 16.8. The summed E-state index contributed by atoms with van der Waals surface area (Å²) in [6.45, 7) is 1.55. The van der Waals surface area contributed by atoms with E-state index in [4.69, 9.17) is 21.4 Å². The molecule has 0 saturated carbocycles. The lowest BCUT2D eigenvalue weighted by Gasteiger charge is -2.35. The van der Waals surface area contributed by atoms with E-state index in [1.54, 1.807) is 25.1 Å². The quantitative estimate of drug-likeness (QED) is 0.819. The van der Waals surface area contributed by atoms with Gasteiger partial charge in [-0.15, -0.1) is 0 Å². The molecule has 5 nitrogen and oxygen atoms in total. The van der Waals surface area contributed by atoms with Gasteiger partial charge in [-0.1, -0.05) is 17.7 Å². The number of rotatable bonds is 3. The molecule has 1 aliphatic rings. The molecule has 0 atom stereocenters. The summed E-state index contributed by atoms with van der Waals surface area (Å²) in [4.78, 5) is 23.1. The minimum absolute atomic E-state index is 0.103. The van der Waals surface area contributed by atoms with Gasteiger partial charge < -0.3 is 15.2 Å². The van der Waals surface area contributed by atoms with Crippen LogP contribution in [0.4, 0.5) is 5.69 Å². The summed E-state index contributed by atoms with van der Waals surface area (Å²) >= 11 is 5.93. The van der Waals surface area contributed by atoms with E-state index < -0.39 is 17.3 Å². The number of amides is 1. The number of halogens is 1. The standard InChI is InChI=1S/C12H12ClNO4/c1-7-8(13)3-2-4-9(7)14-10(15)12(11(16)17)5-18-6-12/h2-4H,5-6H2,1H3,(H,14,15)(H,16,17). The minimum atomic E-state index is -1.48. The van der Waals surface area contributed by atoms with E-state index >= 15 is 0 Å². The third kappa shape index (κ3) is 1.95. The molecule has 0 spiro atoms. The first-order chi connectivity index (χ1) is 8.47. The Morgan fingerprint density at radius 2 is 2.11 bits per heavy atom. The molecular formula is C12H12ClNO4. The number of hydrogen-bond donors (Lipinski definition) is 2. The lowest BCUT2D eigenvalue weighted by Crippen LogP contribution is -2.57. The van der Waals surface area contributed by atoms with Crippen molar-refractivity contribution in [1.29, 1.82) is 0 Å². The molecule has 2 N–H and O–H groups in total. The third-order valence-electron chi connectivity index (χ3n) is 3.06. The van der Waals surface area contributed by atoms with Crippen LogP contribution in [-0.2, 0) is 14.3 Å². The molecule has 18 heavy (non-hydrogen) atoms. The number of carbonyl (C=O) groups is 2. The number of anilines is 1. The second kappa shape index (κ2) is 4.59. The molecule has 1 aromatic rings. The number of carboxylic acids is 1. The Morgan fingerprint density at radius 3 is 2.61 bits per heavy atom. The van der Waals surface area contributed by atoms with Crippen molar-refractivity contribution >= 4 is 29.2 Å². The highest BCUT2D eigenvalue weighted by Crippen LogP contribution is 2.31. The van der Waals surface area contributed by atoms with Crippen LogP contribution >= 0.6 is 11.6 Å². The highest BCUT2D eigenvalue weighted by molar-refractivity contribution is 6.31. The van der Waals surface area contributed by atoms with Gasteiger partial charge in [0, 0.05) is 10.7 Å². The average molecular weight is 270 g/mol. The lowest BCUT2D eigenvalue weighted by atomic mass is 9.85. The maximum Gasteiger partial charge on any atom is 0.324 e. The topological polar surface area (TPSA) is 75.6 Å². The molecule has 0 radical (unpaired) electrons. The van der Waals surface area contributed by atoms with Gasteiger partial charge in [0.15, 0.2) is 5.41 Å². The molecule has 2 rings (SSSR count). The predicted octanol–water partition coefficient (Wildman–Crippen LogP) is 1.69. The molecule has 1 fully saturated rings. The van der Waals surface area contributed by atoms with Crippen molar-refractivity contribution < 1.29 is 19.4 Å². The Labute approximate surface area is 109 Å². The molecule has 1 amide bonds. The first-order valence-corrected chi connectivity index (χ1v) is 5.73. The van der Waals surface area contributed by atoms with Gasteiger partial charge in [0.2, 0.25) is 5.91 Å². The molecule has 6 heteroatoms. The lowest BCUT2D eigenvalue weighted by molar-refractivity contribution is -0.182. The van der Waals surface area contributed by atoms with Gasteiger partial charge in [-0.05, 0) is 24.6 Å². The number of hydrogen-bond acceptors (Lipinski definition) is 3. The molecule has 1 aromatic carbocycles.